The lowest BCUT2D eigenvalue weighted by Gasteiger charge is -2.35. The molecule has 1 aromatic heterocycles. The number of benzene rings is 1. The standard InChI is InChI=1S/C25H35N5O3/c1-18-9-10-22(16-26-18)28-23(31)27-19(2)21-8-6-7-20(15-21)17-29-11-13-30(14-12-29)24(32)33-25(3,4)5/h6-10,15-16,19H,11-14,17H2,1-5H3,(H2,27,28,31)/t19-/m0/s1. The number of carbonyl (C=O) groups is 2. The number of anilines is 1. The average molecular weight is 454 g/mol. The molecule has 0 unspecified atom stereocenters. The van der Waals surface area contributed by atoms with E-state index in [9.17, 15) is 9.59 Å². The molecule has 3 amide bonds. The number of amides is 3. The maximum absolute atomic E-state index is 12.4. The van der Waals surface area contributed by atoms with Crippen LogP contribution in [-0.2, 0) is 11.3 Å². The van der Waals surface area contributed by atoms with Crippen LogP contribution < -0.4 is 10.6 Å². The van der Waals surface area contributed by atoms with Crippen LogP contribution in [0.25, 0.3) is 0 Å². The summed E-state index contributed by atoms with van der Waals surface area (Å²) < 4.78 is 5.47. The van der Waals surface area contributed by atoms with E-state index in [4.69, 9.17) is 4.74 Å². The van der Waals surface area contributed by atoms with Gasteiger partial charge in [0, 0.05) is 38.4 Å². The van der Waals surface area contributed by atoms with Gasteiger partial charge in [0.05, 0.1) is 17.9 Å². The Balaban J connectivity index is 1.50. The number of nitrogens with one attached hydrogen (secondary N) is 2. The van der Waals surface area contributed by atoms with E-state index in [0.29, 0.717) is 18.8 Å². The minimum absolute atomic E-state index is 0.146. The van der Waals surface area contributed by atoms with Crippen molar-refractivity contribution < 1.29 is 14.3 Å². The molecule has 0 aliphatic carbocycles. The van der Waals surface area contributed by atoms with Crippen LogP contribution in [-0.4, -0.2) is 58.7 Å². The van der Waals surface area contributed by atoms with Crippen molar-refractivity contribution in [2.24, 2.45) is 0 Å². The first-order chi connectivity index (χ1) is 15.6. The highest BCUT2D eigenvalue weighted by atomic mass is 16.6. The molecule has 8 nitrogen and oxygen atoms in total. The van der Waals surface area contributed by atoms with Crippen LogP contribution in [0.3, 0.4) is 0 Å². The van der Waals surface area contributed by atoms with Crippen LogP contribution in [0, 0.1) is 6.92 Å². The second kappa shape index (κ2) is 10.7. The number of hydrogen-bond acceptors (Lipinski definition) is 5. The van der Waals surface area contributed by atoms with Gasteiger partial charge in [-0.15, -0.1) is 0 Å². The Morgan fingerprint density at radius 1 is 1.12 bits per heavy atom. The number of aromatic nitrogens is 1. The van der Waals surface area contributed by atoms with Gasteiger partial charge in [0.25, 0.3) is 0 Å². The van der Waals surface area contributed by atoms with Crippen molar-refractivity contribution in [3.63, 3.8) is 0 Å². The highest BCUT2D eigenvalue weighted by Crippen LogP contribution is 2.18. The van der Waals surface area contributed by atoms with Gasteiger partial charge in [-0.2, -0.15) is 0 Å². The number of piperazine rings is 1. The molecule has 2 N–H and O–H groups in total. The normalized spacial score (nSPS) is 15.6. The quantitative estimate of drug-likeness (QED) is 0.704. The molecule has 1 aliphatic heterocycles. The fourth-order valence-electron chi connectivity index (χ4n) is 3.62. The smallest absolute Gasteiger partial charge is 0.410 e. The van der Waals surface area contributed by atoms with Crippen molar-refractivity contribution in [2.75, 3.05) is 31.5 Å². The summed E-state index contributed by atoms with van der Waals surface area (Å²) in [5.41, 5.74) is 3.29. The number of pyridine rings is 1. The lowest BCUT2D eigenvalue weighted by Crippen LogP contribution is -2.49. The van der Waals surface area contributed by atoms with Gasteiger partial charge in [-0.1, -0.05) is 24.3 Å². The van der Waals surface area contributed by atoms with E-state index in [1.165, 1.54) is 5.56 Å². The van der Waals surface area contributed by atoms with Gasteiger partial charge in [0.15, 0.2) is 0 Å². The first kappa shape index (κ1) is 24.5. The molecule has 33 heavy (non-hydrogen) atoms. The predicted molar refractivity (Wildman–Crippen MR) is 129 cm³/mol. The first-order valence-electron chi connectivity index (χ1n) is 11.4. The van der Waals surface area contributed by atoms with Gasteiger partial charge in [-0.05, 0) is 57.9 Å². The van der Waals surface area contributed by atoms with Crippen LogP contribution in [0.1, 0.15) is 50.6 Å². The maximum atomic E-state index is 12.4. The van der Waals surface area contributed by atoms with Crippen molar-refractivity contribution in [2.45, 2.75) is 52.8 Å². The van der Waals surface area contributed by atoms with E-state index in [1.807, 2.05) is 58.9 Å². The molecule has 1 aromatic carbocycles. The summed E-state index contributed by atoms with van der Waals surface area (Å²) in [6.45, 7) is 13.2. The van der Waals surface area contributed by atoms with Crippen LogP contribution in [0.4, 0.5) is 15.3 Å². The third-order valence-electron chi connectivity index (χ3n) is 5.40. The van der Waals surface area contributed by atoms with Crippen LogP contribution in [0.2, 0.25) is 0 Å². The Hall–Kier alpha value is -3.13. The molecule has 3 rings (SSSR count). The molecule has 0 saturated carbocycles. The number of ether oxygens (including phenoxy) is 1. The van der Waals surface area contributed by atoms with E-state index >= 15 is 0 Å². The van der Waals surface area contributed by atoms with E-state index in [0.717, 1.165) is 30.9 Å². The predicted octanol–water partition coefficient (Wildman–Crippen LogP) is 4.33. The minimum atomic E-state index is -0.479. The Bertz CT molecular complexity index is 947. The van der Waals surface area contributed by atoms with Crippen molar-refractivity contribution in [1.29, 1.82) is 0 Å². The van der Waals surface area contributed by atoms with Crippen molar-refractivity contribution >= 4 is 17.8 Å². The topological polar surface area (TPSA) is 86.8 Å². The monoisotopic (exact) mass is 453 g/mol. The van der Waals surface area contributed by atoms with Gasteiger partial charge >= 0.3 is 12.1 Å². The summed E-state index contributed by atoms with van der Waals surface area (Å²) in [5, 5.41) is 5.79. The summed E-state index contributed by atoms with van der Waals surface area (Å²) in [6, 6.07) is 11.5. The fourth-order valence-corrected chi connectivity index (χ4v) is 3.62. The van der Waals surface area contributed by atoms with Gasteiger partial charge < -0.3 is 20.3 Å². The molecule has 178 valence electrons. The largest absolute Gasteiger partial charge is 0.444 e. The molecule has 1 atom stereocenters. The summed E-state index contributed by atoms with van der Waals surface area (Å²) in [5.74, 6) is 0. The van der Waals surface area contributed by atoms with Crippen LogP contribution >= 0.6 is 0 Å². The minimum Gasteiger partial charge on any atom is -0.444 e. The molecule has 1 fully saturated rings. The lowest BCUT2D eigenvalue weighted by molar-refractivity contribution is 0.0139. The fraction of sp³-hybridized carbons (Fsp3) is 0.480. The zero-order chi connectivity index (χ0) is 24.0. The number of nitrogens with zero attached hydrogens (tertiary/aromatic N) is 3. The molecule has 1 saturated heterocycles. The Kier molecular flexibility index (Phi) is 7.92. The average Bonchev–Trinajstić information content (AvgIpc) is 2.75. The third-order valence-corrected chi connectivity index (χ3v) is 5.40. The number of rotatable bonds is 5. The molecular weight excluding hydrogens is 418 g/mol. The van der Waals surface area contributed by atoms with Crippen LogP contribution in [0.5, 0.6) is 0 Å². The summed E-state index contributed by atoms with van der Waals surface area (Å²) in [7, 11) is 0. The summed E-state index contributed by atoms with van der Waals surface area (Å²) >= 11 is 0. The second-order valence-corrected chi connectivity index (χ2v) is 9.50. The van der Waals surface area contributed by atoms with Gasteiger partial charge in [0.2, 0.25) is 0 Å². The van der Waals surface area contributed by atoms with Gasteiger partial charge in [-0.25, -0.2) is 9.59 Å². The molecular formula is C25H35N5O3. The van der Waals surface area contributed by atoms with E-state index in [-0.39, 0.29) is 18.2 Å². The molecule has 0 radical (unpaired) electrons. The first-order valence-corrected chi connectivity index (χ1v) is 11.4. The zero-order valence-electron chi connectivity index (χ0n) is 20.2. The second-order valence-electron chi connectivity index (χ2n) is 9.50. The molecule has 2 heterocycles. The number of hydrogen-bond donors (Lipinski definition) is 2. The molecule has 0 spiro atoms. The third kappa shape index (κ3) is 7.75. The maximum Gasteiger partial charge on any atom is 0.410 e. The number of urea groups is 1. The SMILES string of the molecule is Cc1ccc(NC(=O)N[C@@H](C)c2cccc(CN3CCN(C(=O)OC(C)(C)C)CC3)c2)cn1. The number of aryl methyl sites for hydroxylation is 1. The van der Waals surface area contributed by atoms with Gasteiger partial charge in [-0.3, -0.25) is 9.88 Å². The van der Waals surface area contributed by atoms with Crippen molar-refractivity contribution in [3.8, 4) is 0 Å². The number of carbonyl (C=O) groups excluding carboxylic acids is 2. The molecule has 1 aliphatic rings. The van der Waals surface area contributed by atoms with Crippen molar-refractivity contribution in [3.05, 3.63) is 59.4 Å². The van der Waals surface area contributed by atoms with E-state index in [2.05, 4.69) is 32.7 Å². The molecule has 2 aromatic rings. The molecule has 8 heteroatoms. The molecule has 0 bridgehead atoms. The van der Waals surface area contributed by atoms with Crippen molar-refractivity contribution in [1.82, 2.24) is 20.1 Å². The zero-order valence-corrected chi connectivity index (χ0v) is 20.2. The highest BCUT2D eigenvalue weighted by Gasteiger charge is 2.25. The Morgan fingerprint density at radius 2 is 1.85 bits per heavy atom. The summed E-state index contributed by atoms with van der Waals surface area (Å²) in [4.78, 5) is 32.9. The van der Waals surface area contributed by atoms with E-state index < -0.39 is 5.60 Å². The lowest BCUT2D eigenvalue weighted by atomic mass is 10.0. The summed E-state index contributed by atoms with van der Waals surface area (Å²) in [6.07, 6.45) is 1.40. The Labute approximate surface area is 196 Å². The Morgan fingerprint density at radius 3 is 2.48 bits per heavy atom. The highest BCUT2D eigenvalue weighted by molar-refractivity contribution is 5.89. The van der Waals surface area contributed by atoms with Gasteiger partial charge in [0.1, 0.15) is 5.60 Å². The van der Waals surface area contributed by atoms with E-state index in [1.54, 1.807) is 11.1 Å². The van der Waals surface area contributed by atoms with Crippen LogP contribution in [0.15, 0.2) is 42.6 Å².